The molecule has 1 saturated heterocycles. The predicted molar refractivity (Wildman–Crippen MR) is 66.2 cm³/mol. The molecule has 2 heterocycles. The van der Waals surface area contributed by atoms with Crippen LogP contribution in [0, 0.1) is 0 Å². The quantitative estimate of drug-likeness (QED) is 0.544. The molecule has 2 rings (SSSR count). The lowest BCUT2D eigenvalue weighted by Gasteiger charge is -2.32. The minimum absolute atomic E-state index is 0.205. The molecule has 0 aliphatic carbocycles. The molecule has 0 saturated carbocycles. The molecule has 2 aliphatic rings. The number of hydrogen-bond donors (Lipinski definition) is 1. The van der Waals surface area contributed by atoms with Crippen LogP contribution in [0.4, 0.5) is 0 Å². The zero-order valence-electron chi connectivity index (χ0n) is 11.0. The van der Waals surface area contributed by atoms with Crippen LogP contribution in [0.5, 0.6) is 0 Å². The average Bonchev–Trinajstić information content (AvgIpc) is 2.38. The van der Waals surface area contributed by atoms with Gasteiger partial charge < -0.3 is 14.6 Å². The minimum Gasteiger partial charge on any atom is -0.402 e. The standard InChI is InChI=1S/C12H22BNO2/c1-10(2)11(3,4)16-13(15-10)12(5)8-6-7-9-14-12/h6,8,14H,7,9H2,1-5H3. The van der Waals surface area contributed by atoms with Gasteiger partial charge in [0.2, 0.25) is 0 Å². The summed E-state index contributed by atoms with van der Waals surface area (Å²) >= 11 is 0. The first-order chi connectivity index (χ1) is 7.27. The SMILES string of the molecule is CC1(B2OC(C)(C)C(C)(C)O2)C=CCCN1. The van der Waals surface area contributed by atoms with Gasteiger partial charge in [-0.2, -0.15) is 0 Å². The van der Waals surface area contributed by atoms with Crippen molar-refractivity contribution < 1.29 is 9.31 Å². The first kappa shape index (κ1) is 12.2. The summed E-state index contributed by atoms with van der Waals surface area (Å²) in [5.41, 5.74) is -0.718. The number of rotatable bonds is 1. The van der Waals surface area contributed by atoms with Crippen LogP contribution in [0.15, 0.2) is 12.2 Å². The summed E-state index contributed by atoms with van der Waals surface area (Å²) < 4.78 is 12.1. The van der Waals surface area contributed by atoms with E-state index in [4.69, 9.17) is 9.31 Å². The minimum atomic E-state index is -0.256. The topological polar surface area (TPSA) is 30.5 Å². The van der Waals surface area contributed by atoms with E-state index in [1.807, 2.05) is 0 Å². The maximum atomic E-state index is 6.07. The first-order valence-electron chi connectivity index (χ1n) is 6.05. The lowest BCUT2D eigenvalue weighted by atomic mass is 9.64. The second kappa shape index (κ2) is 3.59. The molecule has 0 bridgehead atoms. The fourth-order valence-corrected chi connectivity index (χ4v) is 2.06. The van der Waals surface area contributed by atoms with Crippen molar-refractivity contribution in [3.8, 4) is 0 Å². The molecule has 16 heavy (non-hydrogen) atoms. The van der Waals surface area contributed by atoms with Crippen LogP contribution in [0.3, 0.4) is 0 Å². The molecule has 0 spiro atoms. The van der Waals surface area contributed by atoms with Gasteiger partial charge in [0.05, 0.1) is 16.6 Å². The molecular weight excluding hydrogens is 201 g/mol. The molecule has 1 unspecified atom stereocenters. The van der Waals surface area contributed by atoms with Crippen molar-refractivity contribution in [3.63, 3.8) is 0 Å². The Morgan fingerprint density at radius 3 is 2.06 bits per heavy atom. The van der Waals surface area contributed by atoms with E-state index in [1.54, 1.807) is 0 Å². The fourth-order valence-electron chi connectivity index (χ4n) is 2.06. The summed E-state index contributed by atoms with van der Waals surface area (Å²) in [4.78, 5) is 0. The van der Waals surface area contributed by atoms with Gasteiger partial charge in [-0.1, -0.05) is 12.2 Å². The van der Waals surface area contributed by atoms with E-state index in [0.717, 1.165) is 13.0 Å². The van der Waals surface area contributed by atoms with E-state index in [2.05, 4.69) is 52.1 Å². The van der Waals surface area contributed by atoms with Crippen molar-refractivity contribution in [1.82, 2.24) is 5.32 Å². The van der Waals surface area contributed by atoms with E-state index < -0.39 is 0 Å². The molecule has 0 amide bonds. The van der Waals surface area contributed by atoms with Gasteiger partial charge in [-0.05, 0) is 47.6 Å². The molecule has 1 atom stereocenters. The highest BCUT2D eigenvalue weighted by atomic mass is 16.7. The van der Waals surface area contributed by atoms with Gasteiger partial charge in [0.1, 0.15) is 0 Å². The van der Waals surface area contributed by atoms with Gasteiger partial charge in [-0.3, -0.25) is 0 Å². The summed E-state index contributed by atoms with van der Waals surface area (Å²) in [5, 5.41) is 3.48. The Morgan fingerprint density at radius 1 is 1.06 bits per heavy atom. The second-order valence-electron chi connectivity index (χ2n) is 5.99. The Balaban J connectivity index is 2.20. The molecule has 90 valence electrons. The summed E-state index contributed by atoms with van der Waals surface area (Å²) in [5.74, 6) is 0. The number of hydrogen-bond acceptors (Lipinski definition) is 3. The van der Waals surface area contributed by atoms with E-state index in [9.17, 15) is 0 Å². The lowest BCUT2D eigenvalue weighted by molar-refractivity contribution is 0.00578. The van der Waals surface area contributed by atoms with Gasteiger partial charge >= 0.3 is 7.12 Å². The van der Waals surface area contributed by atoms with Crippen LogP contribution in [0.1, 0.15) is 41.0 Å². The van der Waals surface area contributed by atoms with Gasteiger partial charge in [0.15, 0.2) is 0 Å². The van der Waals surface area contributed by atoms with Crippen molar-refractivity contribution in [2.75, 3.05) is 6.54 Å². The van der Waals surface area contributed by atoms with Crippen LogP contribution in [-0.4, -0.2) is 30.3 Å². The predicted octanol–water partition coefficient (Wildman–Crippen LogP) is 1.93. The molecule has 3 nitrogen and oxygen atoms in total. The molecule has 0 aromatic heterocycles. The first-order valence-corrected chi connectivity index (χ1v) is 6.05. The van der Waals surface area contributed by atoms with Crippen LogP contribution in [-0.2, 0) is 9.31 Å². The Bertz CT molecular complexity index is 298. The Hall–Kier alpha value is -0.315. The highest BCUT2D eigenvalue weighted by Crippen LogP contribution is 2.40. The third kappa shape index (κ3) is 1.83. The molecule has 4 heteroatoms. The monoisotopic (exact) mass is 223 g/mol. The largest absolute Gasteiger partial charge is 0.483 e. The summed E-state index contributed by atoms with van der Waals surface area (Å²) in [6.45, 7) is 11.5. The Labute approximate surface area is 98.7 Å². The van der Waals surface area contributed by atoms with E-state index in [-0.39, 0.29) is 23.8 Å². The van der Waals surface area contributed by atoms with E-state index in [0.29, 0.717) is 0 Å². The van der Waals surface area contributed by atoms with Crippen LogP contribution in [0.2, 0.25) is 0 Å². The molecule has 0 aromatic carbocycles. The fraction of sp³-hybridized carbons (Fsp3) is 0.833. The maximum Gasteiger partial charge on any atom is 0.483 e. The van der Waals surface area contributed by atoms with Crippen LogP contribution in [0.25, 0.3) is 0 Å². The lowest BCUT2D eigenvalue weighted by Crippen LogP contribution is -2.56. The van der Waals surface area contributed by atoms with Crippen molar-refractivity contribution >= 4 is 7.12 Å². The third-order valence-corrected chi connectivity index (χ3v) is 4.02. The van der Waals surface area contributed by atoms with Gasteiger partial charge in [-0.15, -0.1) is 0 Å². The molecule has 1 N–H and O–H groups in total. The van der Waals surface area contributed by atoms with Crippen LogP contribution < -0.4 is 5.32 Å². The number of nitrogens with one attached hydrogen (secondary N) is 1. The maximum absolute atomic E-state index is 6.07. The summed E-state index contributed by atoms with van der Waals surface area (Å²) in [6.07, 6.45) is 5.44. The van der Waals surface area contributed by atoms with Crippen molar-refractivity contribution in [1.29, 1.82) is 0 Å². The van der Waals surface area contributed by atoms with Crippen LogP contribution >= 0.6 is 0 Å². The zero-order chi connectivity index (χ0) is 12.0. The average molecular weight is 223 g/mol. The summed E-state index contributed by atoms with van der Waals surface area (Å²) in [6, 6.07) is 0. The molecule has 1 fully saturated rings. The Morgan fingerprint density at radius 2 is 1.62 bits per heavy atom. The zero-order valence-corrected chi connectivity index (χ0v) is 11.0. The van der Waals surface area contributed by atoms with Gasteiger partial charge in [-0.25, -0.2) is 0 Å². The molecule has 2 aliphatic heterocycles. The Kier molecular flexibility index (Phi) is 2.72. The molecule has 0 radical (unpaired) electrons. The normalized spacial score (nSPS) is 36.7. The second-order valence-corrected chi connectivity index (χ2v) is 5.99. The third-order valence-electron chi connectivity index (χ3n) is 4.02. The molecular formula is C12H22BNO2. The summed E-state index contributed by atoms with van der Waals surface area (Å²) in [7, 11) is -0.214. The molecule has 0 aromatic rings. The smallest absolute Gasteiger partial charge is 0.402 e. The van der Waals surface area contributed by atoms with Gasteiger partial charge in [0, 0.05) is 0 Å². The highest BCUT2D eigenvalue weighted by Gasteiger charge is 2.57. The van der Waals surface area contributed by atoms with Gasteiger partial charge in [0.25, 0.3) is 0 Å². The van der Waals surface area contributed by atoms with E-state index in [1.165, 1.54) is 0 Å². The van der Waals surface area contributed by atoms with Crippen molar-refractivity contribution in [3.05, 3.63) is 12.2 Å². The van der Waals surface area contributed by atoms with Crippen molar-refractivity contribution in [2.45, 2.75) is 57.7 Å². The van der Waals surface area contributed by atoms with Crippen molar-refractivity contribution in [2.24, 2.45) is 0 Å². The highest BCUT2D eigenvalue weighted by molar-refractivity contribution is 6.50. The van der Waals surface area contributed by atoms with E-state index >= 15 is 0 Å².